The van der Waals surface area contributed by atoms with Crippen LogP contribution >= 0.6 is 0 Å². The van der Waals surface area contributed by atoms with Crippen molar-refractivity contribution in [2.45, 2.75) is 6.92 Å². The van der Waals surface area contributed by atoms with Crippen LogP contribution in [-0.4, -0.2) is 16.7 Å². The minimum atomic E-state index is -0.159. The highest BCUT2D eigenvalue weighted by Gasteiger charge is 2.12. The molecule has 0 aliphatic carbocycles. The van der Waals surface area contributed by atoms with Crippen LogP contribution in [0.1, 0.15) is 5.56 Å². The number of benzene rings is 2. The van der Waals surface area contributed by atoms with Gasteiger partial charge < -0.3 is 9.72 Å². The molecule has 0 atom stereocenters. The summed E-state index contributed by atoms with van der Waals surface area (Å²) < 4.78 is 6.97. The van der Waals surface area contributed by atoms with Crippen LogP contribution in [0.5, 0.6) is 5.75 Å². The van der Waals surface area contributed by atoms with Gasteiger partial charge in [-0.2, -0.15) is 0 Å². The van der Waals surface area contributed by atoms with E-state index in [4.69, 9.17) is 4.74 Å². The Bertz CT molecular complexity index is 799. The number of para-hydroxylation sites is 3. The molecule has 0 saturated heterocycles. The number of imidazole rings is 1. The van der Waals surface area contributed by atoms with Crippen molar-refractivity contribution < 1.29 is 4.74 Å². The summed E-state index contributed by atoms with van der Waals surface area (Å²) in [5.74, 6) is 0.673. The zero-order chi connectivity index (χ0) is 13.4. The summed E-state index contributed by atoms with van der Waals surface area (Å²) in [6.07, 6.45) is 0. The van der Waals surface area contributed by atoms with E-state index in [0.717, 1.165) is 22.3 Å². The normalized spacial score (nSPS) is 10.8. The Labute approximate surface area is 110 Å². The number of hydrogen-bond donors (Lipinski definition) is 1. The SMILES string of the molecule is COc1ccccc1-n1c(=O)[nH]c2c(C)cccc21. The Balaban J connectivity index is 2.40. The third-order valence-electron chi connectivity index (χ3n) is 3.25. The van der Waals surface area contributed by atoms with Gasteiger partial charge in [0.05, 0.1) is 23.8 Å². The molecule has 4 heteroatoms. The molecule has 3 rings (SSSR count). The molecule has 1 N–H and O–H groups in total. The van der Waals surface area contributed by atoms with Crippen molar-refractivity contribution >= 4 is 11.0 Å². The van der Waals surface area contributed by atoms with Gasteiger partial charge in [0.1, 0.15) is 5.75 Å². The highest BCUT2D eigenvalue weighted by Crippen LogP contribution is 2.25. The smallest absolute Gasteiger partial charge is 0.331 e. The second-order valence-electron chi connectivity index (χ2n) is 4.41. The van der Waals surface area contributed by atoms with E-state index in [2.05, 4.69) is 4.98 Å². The van der Waals surface area contributed by atoms with Crippen molar-refractivity contribution in [1.29, 1.82) is 0 Å². The summed E-state index contributed by atoms with van der Waals surface area (Å²) in [5.41, 5.74) is 3.34. The molecule has 3 aromatic rings. The lowest BCUT2D eigenvalue weighted by Crippen LogP contribution is -2.15. The predicted molar refractivity (Wildman–Crippen MR) is 75.2 cm³/mol. The van der Waals surface area contributed by atoms with E-state index in [-0.39, 0.29) is 5.69 Å². The van der Waals surface area contributed by atoms with Crippen molar-refractivity contribution in [3.05, 3.63) is 58.5 Å². The number of nitrogens with zero attached hydrogens (tertiary/aromatic N) is 1. The fraction of sp³-hybridized carbons (Fsp3) is 0.133. The minimum Gasteiger partial charge on any atom is -0.495 e. The topological polar surface area (TPSA) is 47.0 Å². The number of nitrogens with one attached hydrogen (secondary N) is 1. The van der Waals surface area contributed by atoms with Gasteiger partial charge >= 0.3 is 5.69 Å². The molecular formula is C15H14N2O2. The van der Waals surface area contributed by atoms with E-state index < -0.39 is 0 Å². The predicted octanol–water partition coefficient (Wildman–Crippen LogP) is 2.64. The van der Waals surface area contributed by atoms with Gasteiger partial charge in [-0.25, -0.2) is 4.79 Å². The summed E-state index contributed by atoms with van der Waals surface area (Å²) in [6, 6.07) is 13.3. The van der Waals surface area contributed by atoms with Gasteiger partial charge in [0.15, 0.2) is 0 Å². The number of aromatic nitrogens is 2. The zero-order valence-corrected chi connectivity index (χ0v) is 10.8. The molecule has 0 aliphatic rings. The number of aromatic amines is 1. The first-order valence-electron chi connectivity index (χ1n) is 6.06. The van der Waals surface area contributed by atoms with Crippen LogP contribution < -0.4 is 10.4 Å². The van der Waals surface area contributed by atoms with Crippen LogP contribution in [0.25, 0.3) is 16.7 Å². The number of fused-ring (bicyclic) bond motifs is 1. The highest BCUT2D eigenvalue weighted by molar-refractivity contribution is 5.81. The molecular weight excluding hydrogens is 240 g/mol. The first-order valence-corrected chi connectivity index (χ1v) is 6.06. The van der Waals surface area contributed by atoms with Crippen LogP contribution in [0.2, 0.25) is 0 Å². The summed E-state index contributed by atoms with van der Waals surface area (Å²) in [5, 5.41) is 0. The van der Waals surface area contributed by atoms with Crippen LogP contribution in [-0.2, 0) is 0 Å². The summed E-state index contributed by atoms with van der Waals surface area (Å²) >= 11 is 0. The van der Waals surface area contributed by atoms with Gasteiger partial charge in [-0.15, -0.1) is 0 Å². The van der Waals surface area contributed by atoms with E-state index in [1.54, 1.807) is 11.7 Å². The highest BCUT2D eigenvalue weighted by atomic mass is 16.5. The first kappa shape index (κ1) is 11.6. The van der Waals surface area contributed by atoms with Crippen molar-refractivity contribution in [1.82, 2.24) is 9.55 Å². The van der Waals surface area contributed by atoms with Crippen LogP contribution in [0.4, 0.5) is 0 Å². The molecule has 2 aromatic carbocycles. The van der Waals surface area contributed by atoms with E-state index in [0.29, 0.717) is 5.75 Å². The second kappa shape index (κ2) is 4.31. The lowest BCUT2D eigenvalue weighted by atomic mass is 10.2. The maximum absolute atomic E-state index is 12.2. The Kier molecular flexibility index (Phi) is 2.63. The Morgan fingerprint density at radius 3 is 2.68 bits per heavy atom. The number of methoxy groups -OCH3 is 1. The fourth-order valence-corrected chi connectivity index (χ4v) is 2.33. The number of ether oxygens (including phenoxy) is 1. The van der Waals surface area contributed by atoms with Crippen molar-refractivity contribution in [3.8, 4) is 11.4 Å². The summed E-state index contributed by atoms with van der Waals surface area (Å²) in [6.45, 7) is 1.98. The van der Waals surface area contributed by atoms with E-state index >= 15 is 0 Å². The molecule has 96 valence electrons. The minimum absolute atomic E-state index is 0.159. The van der Waals surface area contributed by atoms with Crippen LogP contribution in [0.3, 0.4) is 0 Å². The maximum atomic E-state index is 12.2. The molecule has 0 spiro atoms. The van der Waals surface area contributed by atoms with Crippen molar-refractivity contribution in [2.24, 2.45) is 0 Å². The standard InChI is InChI=1S/C15H14N2O2/c1-10-6-5-8-12-14(10)16-15(18)17(12)11-7-3-4-9-13(11)19-2/h3-9H,1-2H3,(H,16,18). The average molecular weight is 254 g/mol. The summed E-state index contributed by atoms with van der Waals surface area (Å²) in [4.78, 5) is 15.1. The Morgan fingerprint density at radius 2 is 1.89 bits per heavy atom. The molecule has 19 heavy (non-hydrogen) atoms. The molecule has 0 bridgehead atoms. The van der Waals surface area contributed by atoms with E-state index in [9.17, 15) is 4.79 Å². The van der Waals surface area contributed by atoms with Crippen LogP contribution in [0, 0.1) is 6.92 Å². The molecule has 1 aromatic heterocycles. The Hall–Kier alpha value is -2.49. The molecule has 0 amide bonds. The Morgan fingerprint density at radius 1 is 1.11 bits per heavy atom. The van der Waals surface area contributed by atoms with Crippen molar-refractivity contribution in [3.63, 3.8) is 0 Å². The second-order valence-corrected chi connectivity index (χ2v) is 4.41. The van der Waals surface area contributed by atoms with Gasteiger partial charge in [-0.3, -0.25) is 4.57 Å². The molecule has 1 heterocycles. The van der Waals surface area contributed by atoms with E-state index in [1.165, 1.54) is 0 Å². The zero-order valence-electron chi connectivity index (χ0n) is 10.8. The lowest BCUT2D eigenvalue weighted by molar-refractivity contribution is 0.413. The number of H-pyrrole nitrogens is 1. The lowest BCUT2D eigenvalue weighted by Gasteiger charge is -2.09. The number of hydrogen-bond acceptors (Lipinski definition) is 2. The van der Waals surface area contributed by atoms with Crippen LogP contribution in [0.15, 0.2) is 47.3 Å². The van der Waals surface area contributed by atoms with Gasteiger partial charge in [-0.1, -0.05) is 24.3 Å². The van der Waals surface area contributed by atoms with Gasteiger partial charge in [-0.05, 0) is 30.7 Å². The molecule has 0 radical (unpaired) electrons. The fourth-order valence-electron chi connectivity index (χ4n) is 2.33. The van der Waals surface area contributed by atoms with Gasteiger partial charge in [0, 0.05) is 0 Å². The van der Waals surface area contributed by atoms with Gasteiger partial charge in [0.2, 0.25) is 0 Å². The third-order valence-corrected chi connectivity index (χ3v) is 3.25. The molecule has 0 aliphatic heterocycles. The molecule has 0 unspecified atom stereocenters. The maximum Gasteiger partial charge on any atom is 0.331 e. The number of aryl methyl sites for hydroxylation is 1. The molecule has 4 nitrogen and oxygen atoms in total. The molecule has 0 fully saturated rings. The first-order chi connectivity index (χ1) is 9.22. The third kappa shape index (κ3) is 1.73. The summed E-state index contributed by atoms with van der Waals surface area (Å²) in [7, 11) is 1.60. The van der Waals surface area contributed by atoms with E-state index in [1.807, 2.05) is 49.4 Å². The molecule has 0 saturated carbocycles. The average Bonchev–Trinajstić information content (AvgIpc) is 2.76. The quantitative estimate of drug-likeness (QED) is 0.764. The van der Waals surface area contributed by atoms with Gasteiger partial charge in [0.25, 0.3) is 0 Å². The van der Waals surface area contributed by atoms with Crippen molar-refractivity contribution in [2.75, 3.05) is 7.11 Å². The monoisotopic (exact) mass is 254 g/mol. The number of rotatable bonds is 2. The largest absolute Gasteiger partial charge is 0.495 e.